The predicted octanol–water partition coefficient (Wildman–Crippen LogP) is 0.645. The van der Waals surface area contributed by atoms with Gasteiger partial charge in [-0.1, -0.05) is 11.6 Å². The number of rotatable bonds is 4. The highest BCUT2D eigenvalue weighted by atomic mass is 35.5. The zero-order valence-electron chi connectivity index (χ0n) is 7.40. The Balaban J connectivity index is 4.07. The van der Waals surface area contributed by atoms with Crippen molar-refractivity contribution >= 4 is 17.6 Å². The molecule has 0 aromatic carbocycles. The molecule has 0 aromatic rings. The van der Waals surface area contributed by atoms with Gasteiger partial charge in [0, 0.05) is 0 Å². The van der Waals surface area contributed by atoms with Gasteiger partial charge in [-0.3, -0.25) is 0 Å². The van der Waals surface area contributed by atoms with Crippen molar-refractivity contribution in [2.75, 3.05) is 6.54 Å². The molecule has 0 spiro atoms. The van der Waals surface area contributed by atoms with E-state index in [0.717, 1.165) is 0 Å². The summed E-state index contributed by atoms with van der Waals surface area (Å²) in [5.74, 6) is 0. The molecule has 2 atom stereocenters. The molecule has 0 fully saturated rings. The summed E-state index contributed by atoms with van der Waals surface area (Å²) in [7, 11) is 0. The fourth-order valence-corrected chi connectivity index (χ4v) is 0.742. The molecule has 0 rings (SSSR count). The molecule has 0 saturated carbocycles. The smallest absolute Gasteiger partial charge is 0.341 e. The van der Waals surface area contributed by atoms with Crippen molar-refractivity contribution in [1.82, 2.24) is 10.3 Å². The van der Waals surface area contributed by atoms with Crippen molar-refractivity contribution in [2.45, 2.75) is 25.5 Å². The van der Waals surface area contributed by atoms with Crippen LogP contribution in [0.25, 0.3) is 0 Å². The van der Waals surface area contributed by atoms with Crippen molar-refractivity contribution in [3.05, 3.63) is 4.91 Å². The van der Waals surface area contributed by atoms with Gasteiger partial charge in [-0.05, 0) is 13.8 Å². The van der Waals surface area contributed by atoms with E-state index in [1.165, 1.54) is 13.8 Å². The van der Waals surface area contributed by atoms with Crippen LogP contribution in [0.4, 0.5) is 4.79 Å². The molecule has 0 bridgehead atoms. The molecular weight excluding hydrogens is 198 g/mol. The van der Waals surface area contributed by atoms with Crippen molar-refractivity contribution in [2.24, 2.45) is 5.29 Å². The number of urea groups is 1. The number of nitrogens with zero attached hydrogens (tertiary/aromatic N) is 2. The third kappa shape index (κ3) is 5.37. The van der Waals surface area contributed by atoms with E-state index in [-0.39, 0.29) is 6.54 Å². The minimum Gasteiger partial charge on any atom is -0.391 e. The van der Waals surface area contributed by atoms with Crippen molar-refractivity contribution < 1.29 is 9.90 Å². The SMILES string of the molecule is CC(O)CN(N=O)C(=O)NC(C)Cl. The second kappa shape index (κ2) is 5.71. The lowest BCUT2D eigenvalue weighted by Crippen LogP contribution is -2.41. The Morgan fingerprint density at radius 3 is 2.54 bits per heavy atom. The first-order chi connectivity index (χ1) is 5.97. The van der Waals surface area contributed by atoms with Gasteiger partial charge in [-0.25, -0.2) is 4.79 Å². The highest BCUT2D eigenvalue weighted by Gasteiger charge is 2.16. The summed E-state index contributed by atoms with van der Waals surface area (Å²) in [4.78, 5) is 21.2. The summed E-state index contributed by atoms with van der Waals surface area (Å²) in [5.41, 5.74) is -0.592. The average molecular weight is 210 g/mol. The van der Waals surface area contributed by atoms with Gasteiger partial charge >= 0.3 is 6.03 Å². The van der Waals surface area contributed by atoms with Crippen LogP contribution < -0.4 is 5.32 Å². The molecule has 0 aliphatic rings. The molecule has 0 heterocycles. The number of aliphatic hydroxyl groups excluding tert-OH is 1. The van der Waals surface area contributed by atoms with Gasteiger partial charge in [0.1, 0.15) is 5.50 Å². The Bertz CT molecular complexity index is 186. The van der Waals surface area contributed by atoms with Gasteiger partial charge in [0.25, 0.3) is 0 Å². The van der Waals surface area contributed by atoms with Crippen LogP contribution in [0, 0.1) is 4.91 Å². The number of halogens is 1. The van der Waals surface area contributed by atoms with E-state index >= 15 is 0 Å². The number of nitrogens with one attached hydrogen (secondary N) is 1. The highest BCUT2D eigenvalue weighted by molar-refractivity contribution is 6.20. The van der Waals surface area contributed by atoms with Crippen LogP contribution in [0.15, 0.2) is 5.29 Å². The highest BCUT2D eigenvalue weighted by Crippen LogP contribution is 1.96. The zero-order chi connectivity index (χ0) is 10.4. The topological polar surface area (TPSA) is 82.0 Å². The Morgan fingerprint density at radius 1 is 1.69 bits per heavy atom. The molecular formula is C6H12ClN3O3. The third-order valence-electron chi connectivity index (χ3n) is 1.09. The Labute approximate surface area is 80.8 Å². The standard InChI is InChI=1S/C6H12ClN3O3/c1-4(11)3-10(9-13)6(12)8-5(2)7/h4-5,11H,3H2,1-2H3,(H,8,12). The van der Waals surface area contributed by atoms with Crippen LogP contribution in [0.5, 0.6) is 0 Å². The van der Waals surface area contributed by atoms with Crippen LogP contribution in [-0.4, -0.2) is 34.3 Å². The first kappa shape index (κ1) is 12.1. The number of amides is 2. The van der Waals surface area contributed by atoms with Crippen LogP contribution in [-0.2, 0) is 0 Å². The average Bonchev–Trinajstić information content (AvgIpc) is 1.98. The van der Waals surface area contributed by atoms with Crippen molar-refractivity contribution in [3.63, 3.8) is 0 Å². The molecule has 2 N–H and O–H groups in total. The Kier molecular flexibility index (Phi) is 5.33. The van der Waals surface area contributed by atoms with E-state index in [0.29, 0.717) is 5.01 Å². The van der Waals surface area contributed by atoms with E-state index in [4.69, 9.17) is 16.7 Å². The lowest BCUT2D eigenvalue weighted by Gasteiger charge is -2.16. The summed E-state index contributed by atoms with van der Waals surface area (Å²) < 4.78 is 0. The fourth-order valence-electron chi connectivity index (χ4n) is 0.648. The van der Waals surface area contributed by atoms with E-state index in [1.807, 2.05) is 0 Å². The van der Waals surface area contributed by atoms with Gasteiger partial charge < -0.3 is 10.4 Å². The Morgan fingerprint density at radius 2 is 2.23 bits per heavy atom. The van der Waals surface area contributed by atoms with E-state index in [1.54, 1.807) is 0 Å². The lowest BCUT2D eigenvalue weighted by atomic mass is 10.4. The Hall–Kier alpha value is -0.880. The van der Waals surface area contributed by atoms with Gasteiger partial charge in [-0.2, -0.15) is 5.01 Å². The molecule has 2 unspecified atom stereocenters. The molecule has 0 aliphatic carbocycles. The maximum Gasteiger partial charge on any atom is 0.341 e. The molecule has 2 amide bonds. The molecule has 6 nitrogen and oxygen atoms in total. The maximum absolute atomic E-state index is 11.0. The number of hydrogen-bond acceptors (Lipinski definition) is 4. The van der Waals surface area contributed by atoms with Gasteiger partial charge in [0.15, 0.2) is 0 Å². The van der Waals surface area contributed by atoms with Gasteiger partial charge in [0.05, 0.1) is 17.9 Å². The minimum absolute atomic E-state index is 0.154. The molecule has 0 aliphatic heterocycles. The quantitative estimate of drug-likeness (QED) is 0.309. The zero-order valence-corrected chi connectivity index (χ0v) is 8.15. The number of carbonyl (C=O) groups is 1. The summed E-state index contributed by atoms with van der Waals surface area (Å²) >= 11 is 5.45. The van der Waals surface area contributed by atoms with Crippen molar-refractivity contribution in [1.29, 1.82) is 0 Å². The molecule has 0 saturated heterocycles. The molecule has 7 heteroatoms. The maximum atomic E-state index is 11.0. The first-order valence-corrected chi connectivity index (χ1v) is 4.14. The second-order valence-electron chi connectivity index (χ2n) is 2.58. The predicted molar refractivity (Wildman–Crippen MR) is 48.0 cm³/mol. The summed E-state index contributed by atoms with van der Waals surface area (Å²) in [6.07, 6.45) is -0.811. The third-order valence-corrected chi connectivity index (χ3v) is 1.20. The summed E-state index contributed by atoms with van der Waals surface area (Å²) in [5, 5.41) is 14.1. The first-order valence-electron chi connectivity index (χ1n) is 3.70. The van der Waals surface area contributed by atoms with Crippen LogP contribution in [0.3, 0.4) is 0 Å². The summed E-state index contributed by atoms with van der Waals surface area (Å²) in [6, 6.07) is -0.724. The van der Waals surface area contributed by atoms with Gasteiger partial charge in [0.2, 0.25) is 0 Å². The molecule has 0 aromatic heterocycles. The second-order valence-corrected chi connectivity index (χ2v) is 3.23. The van der Waals surface area contributed by atoms with E-state index in [2.05, 4.69) is 10.6 Å². The fraction of sp³-hybridized carbons (Fsp3) is 0.833. The number of nitroso groups, excluding NO2 is 1. The summed E-state index contributed by atoms with van der Waals surface area (Å²) in [6.45, 7) is 2.82. The molecule has 76 valence electrons. The largest absolute Gasteiger partial charge is 0.391 e. The van der Waals surface area contributed by atoms with Crippen LogP contribution in [0.2, 0.25) is 0 Å². The number of alkyl halides is 1. The van der Waals surface area contributed by atoms with Crippen molar-refractivity contribution in [3.8, 4) is 0 Å². The number of hydrogen-bond donors (Lipinski definition) is 2. The number of aliphatic hydroxyl groups is 1. The minimum atomic E-state index is -0.811. The van der Waals surface area contributed by atoms with E-state index in [9.17, 15) is 9.70 Å². The lowest BCUT2D eigenvalue weighted by molar-refractivity contribution is 0.133. The van der Waals surface area contributed by atoms with Gasteiger partial charge in [-0.15, -0.1) is 4.91 Å². The number of carbonyl (C=O) groups excluding carboxylic acids is 1. The monoisotopic (exact) mass is 209 g/mol. The van der Waals surface area contributed by atoms with Crippen LogP contribution in [0.1, 0.15) is 13.8 Å². The van der Waals surface area contributed by atoms with E-state index < -0.39 is 17.6 Å². The van der Waals surface area contributed by atoms with Crippen LogP contribution >= 0.6 is 11.6 Å². The normalized spacial score (nSPS) is 14.5. The molecule has 13 heavy (non-hydrogen) atoms. The molecule has 0 radical (unpaired) electrons.